The van der Waals surface area contributed by atoms with Gasteiger partial charge < -0.3 is 10.6 Å². The van der Waals surface area contributed by atoms with Crippen LogP contribution in [0.1, 0.15) is 5.56 Å². The molecule has 25 heavy (non-hydrogen) atoms. The largest absolute Gasteiger partial charge is 0.496 e. The zero-order valence-electron chi connectivity index (χ0n) is 13.3. The monoisotopic (exact) mass is 357 g/mol. The Kier molecular flexibility index (Phi) is 4.85. The fourth-order valence-electron chi connectivity index (χ4n) is 2.30. The summed E-state index contributed by atoms with van der Waals surface area (Å²) in [7, 11) is 1.58. The highest BCUT2D eigenvalue weighted by atomic mass is 32.2. The molecule has 0 radical (unpaired) electrons. The SMILES string of the molecule is COc1ccccc1-c1nnc(SCc2cccc([N+](=O)[O-])c2)n1N. The number of non-ortho nitro benzene ring substituents is 1. The summed E-state index contributed by atoms with van der Waals surface area (Å²) >= 11 is 1.35. The van der Waals surface area contributed by atoms with Crippen molar-refractivity contribution in [3.63, 3.8) is 0 Å². The van der Waals surface area contributed by atoms with Gasteiger partial charge in [-0.05, 0) is 17.7 Å². The second-order valence-electron chi connectivity index (χ2n) is 5.09. The summed E-state index contributed by atoms with van der Waals surface area (Å²) in [5.41, 5.74) is 1.60. The highest BCUT2D eigenvalue weighted by Crippen LogP contribution is 2.30. The van der Waals surface area contributed by atoms with Crippen molar-refractivity contribution in [2.75, 3.05) is 13.0 Å². The molecule has 0 aliphatic carbocycles. The summed E-state index contributed by atoms with van der Waals surface area (Å²) in [5.74, 6) is 7.73. The van der Waals surface area contributed by atoms with Gasteiger partial charge in [0.2, 0.25) is 5.16 Å². The molecule has 0 aliphatic rings. The molecule has 2 N–H and O–H groups in total. The van der Waals surface area contributed by atoms with Gasteiger partial charge in [0, 0.05) is 17.9 Å². The van der Waals surface area contributed by atoms with Crippen molar-refractivity contribution in [3.8, 4) is 17.1 Å². The minimum atomic E-state index is -0.417. The number of hydrogen-bond donors (Lipinski definition) is 1. The van der Waals surface area contributed by atoms with Gasteiger partial charge in [-0.25, -0.2) is 4.68 Å². The summed E-state index contributed by atoms with van der Waals surface area (Å²) in [6.07, 6.45) is 0. The smallest absolute Gasteiger partial charge is 0.269 e. The molecular weight excluding hydrogens is 342 g/mol. The number of nitro groups is 1. The van der Waals surface area contributed by atoms with E-state index in [1.807, 2.05) is 30.3 Å². The lowest BCUT2D eigenvalue weighted by atomic mass is 10.2. The van der Waals surface area contributed by atoms with E-state index < -0.39 is 4.92 Å². The van der Waals surface area contributed by atoms with Crippen LogP contribution in [0.3, 0.4) is 0 Å². The van der Waals surface area contributed by atoms with Gasteiger partial charge in [0.25, 0.3) is 5.69 Å². The first-order valence-electron chi connectivity index (χ1n) is 7.30. The first kappa shape index (κ1) is 16.8. The molecule has 3 rings (SSSR count). The van der Waals surface area contributed by atoms with Gasteiger partial charge in [-0.1, -0.05) is 36.0 Å². The number of hydrogen-bond acceptors (Lipinski definition) is 7. The number of nitro benzene ring substituents is 1. The van der Waals surface area contributed by atoms with Crippen LogP contribution in [0.2, 0.25) is 0 Å². The second kappa shape index (κ2) is 7.22. The quantitative estimate of drug-likeness (QED) is 0.313. The summed E-state index contributed by atoms with van der Waals surface area (Å²) in [6, 6.07) is 13.9. The van der Waals surface area contributed by atoms with Crippen LogP contribution >= 0.6 is 11.8 Å². The first-order valence-corrected chi connectivity index (χ1v) is 8.28. The van der Waals surface area contributed by atoms with Gasteiger partial charge in [-0.3, -0.25) is 10.1 Å². The average Bonchev–Trinajstić information content (AvgIpc) is 3.00. The van der Waals surface area contributed by atoms with E-state index in [0.717, 1.165) is 11.1 Å². The number of para-hydroxylation sites is 1. The molecule has 1 aromatic heterocycles. The number of nitrogen functional groups attached to an aromatic ring is 1. The van der Waals surface area contributed by atoms with Crippen LogP contribution in [0.4, 0.5) is 5.69 Å². The summed E-state index contributed by atoms with van der Waals surface area (Å²) in [6.45, 7) is 0. The first-order chi connectivity index (χ1) is 12.1. The molecule has 9 heteroatoms. The maximum atomic E-state index is 10.8. The van der Waals surface area contributed by atoms with E-state index in [4.69, 9.17) is 10.6 Å². The number of benzene rings is 2. The van der Waals surface area contributed by atoms with Gasteiger partial charge >= 0.3 is 0 Å². The van der Waals surface area contributed by atoms with E-state index in [9.17, 15) is 10.1 Å². The second-order valence-corrected chi connectivity index (χ2v) is 6.03. The molecular formula is C16H15N5O3S. The van der Waals surface area contributed by atoms with E-state index in [2.05, 4.69) is 10.2 Å². The number of nitrogens with zero attached hydrogens (tertiary/aromatic N) is 4. The van der Waals surface area contributed by atoms with Crippen molar-refractivity contribution in [3.05, 3.63) is 64.2 Å². The van der Waals surface area contributed by atoms with Crippen LogP contribution < -0.4 is 10.6 Å². The van der Waals surface area contributed by atoms with E-state index in [-0.39, 0.29) is 5.69 Å². The Morgan fingerprint density at radius 2 is 2.04 bits per heavy atom. The third-order valence-electron chi connectivity index (χ3n) is 3.50. The van der Waals surface area contributed by atoms with Crippen molar-refractivity contribution in [2.24, 2.45) is 0 Å². The molecule has 0 bridgehead atoms. The summed E-state index contributed by atoms with van der Waals surface area (Å²) in [5, 5.41) is 19.6. The minimum absolute atomic E-state index is 0.0574. The lowest BCUT2D eigenvalue weighted by Gasteiger charge is -2.07. The zero-order chi connectivity index (χ0) is 17.8. The van der Waals surface area contributed by atoms with Crippen molar-refractivity contribution in [2.45, 2.75) is 10.9 Å². The third-order valence-corrected chi connectivity index (χ3v) is 4.52. The van der Waals surface area contributed by atoms with Crippen molar-refractivity contribution >= 4 is 17.4 Å². The molecule has 3 aromatic rings. The number of thioether (sulfide) groups is 1. The molecule has 0 aliphatic heterocycles. The Morgan fingerprint density at radius 1 is 1.24 bits per heavy atom. The molecule has 2 aromatic carbocycles. The molecule has 1 heterocycles. The third kappa shape index (κ3) is 3.56. The predicted molar refractivity (Wildman–Crippen MR) is 94.8 cm³/mol. The van der Waals surface area contributed by atoms with Gasteiger partial charge in [-0.2, -0.15) is 0 Å². The normalized spacial score (nSPS) is 10.6. The Labute approximate surface area is 147 Å². The number of nitrogens with two attached hydrogens (primary N) is 1. The molecule has 0 unspecified atom stereocenters. The molecule has 128 valence electrons. The molecule has 0 atom stereocenters. The van der Waals surface area contributed by atoms with Gasteiger partial charge in [-0.15, -0.1) is 10.2 Å². The maximum Gasteiger partial charge on any atom is 0.269 e. The Bertz CT molecular complexity index is 912. The van der Waals surface area contributed by atoms with Crippen LogP contribution in [-0.2, 0) is 5.75 Å². The van der Waals surface area contributed by atoms with Crippen molar-refractivity contribution in [1.29, 1.82) is 0 Å². The van der Waals surface area contributed by atoms with Gasteiger partial charge in [0.15, 0.2) is 5.82 Å². The summed E-state index contributed by atoms with van der Waals surface area (Å²) < 4.78 is 6.71. The maximum absolute atomic E-state index is 10.8. The molecule has 0 fully saturated rings. The number of ether oxygens (including phenoxy) is 1. The highest BCUT2D eigenvalue weighted by Gasteiger charge is 2.16. The van der Waals surface area contributed by atoms with E-state index >= 15 is 0 Å². The highest BCUT2D eigenvalue weighted by molar-refractivity contribution is 7.98. The fourth-order valence-corrected chi connectivity index (χ4v) is 3.10. The fraction of sp³-hybridized carbons (Fsp3) is 0.125. The Hall–Kier alpha value is -3.07. The topological polar surface area (TPSA) is 109 Å². The number of aromatic nitrogens is 3. The van der Waals surface area contributed by atoms with Crippen LogP contribution in [0, 0.1) is 10.1 Å². The van der Waals surface area contributed by atoms with Crippen LogP contribution in [0.25, 0.3) is 11.4 Å². The molecule has 0 spiro atoms. The van der Waals surface area contributed by atoms with Gasteiger partial charge in [0.05, 0.1) is 17.6 Å². The molecule has 0 saturated carbocycles. The van der Waals surface area contributed by atoms with Crippen molar-refractivity contribution in [1.82, 2.24) is 14.9 Å². The molecule has 0 amide bonds. The molecule has 0 saturated heterocycles. The minimum Gasteiger partial charge on any atom is -0.496 e. The number of methoxy groups -OCH3 is 1. The van der Waals surface area contributed by atoms with E-state index in [0.29, 0.717) is 22.5 Å². The van der Waals surface area contributed by atoms with Crippen LogP contribution in [0.15, 0.2) is 53.7 Å². The van der Waals surface area contributed by atoms with Crippen LogP contribution in [0.5, 0.6) is 5.75 Å². The summed E-state index contributed by atoms with van der Waals surface area (Å²) in [4.78, 5) is 10.4. The Balaban J connectivity index is 1.80. The number of rotatable bonds is 6. The Morgan fingerprint density at radius 3 is 2.80 bits per heavy atom. The zero-order valence-corrected chi connectivity index (χ0v) is 14.1. The molecule has 8 nitrogen and oxygen atoms in total. The predicted octanol–water partition coefficient (Wildman–Crippen LogP) is 2.87. The lowest BCUT2D eigenvalue weighted by molar-refractivity contribution is -0.384. The lowest BCUT2D eigenvalue weighted by Crippen LogP contribution is -2.12. The van der Waals surface area contributed by atoms with E-state index in [1.54, 1.807) is 13.2 Å². The average molecular weight is 357 g/mol. The van der Waals surface area contributed by atoms with Crippen molar-refractivity contribution < 1.29 is 9.66 Å². The standard InChI is InChI=1S/C16H15N5O3S/c1-24-14-8-3-2-7-13(14)15-18-19-16(20(15)17)25-10-11-5-4-6-12(9-11)21(22)23/h2-9H,10,17H2,1H3. The van der Waals surface area contributed by atoms with Crippen LogP contribution in [-0.4, -0.2) is 26.9 Å². The van der Waals surface area contributed by atoms with Gasteiger partial charge in [0.1, 0.15) is 5.75 Å². The van der Waals surface area contributed by atoms with E-state index in [1.165, 1.54) is 28.6 Å².